The molecule has 0 radical (unpaired) electrons. The molecule has 4 amide bonds. The summed E-state index contributed by atoms with van der Waals surface area (Å²) >= 11 is 0. The molecule has 0 aliphatic carbocycles. The van der Waals surface area contributed by atoms with E-state index < -0.39 is 23.6 Å². The molecule has 2 unspecified atom stereocenters. The third-order valence-electron chi connectivity index (χ3n) is 6.09. The predicted octanol–water partition coefficient (Wildman–Crippen LogP) is 1.63. The van der Waals surface area contributed by atoms with Crippen LogP contribution < -0.4 is 10.6 Å². The molecular formula is C22H27N3O6. The highest BCUT2D eigenvalue weighted by atomic mass is 16.6. The number of piperidine rings is 1. The van der Waals surface area contributed by atoms with Crippen LogP contribution in [0.3, 0.4) is 0 Å². The van der Waals surface area contributed by atoms with Gasteiger partial charge in [-0.25, -0.2) is 4.79 Å². The Morgan fingerprint density at radius 1 is 1.32 bits per heavy atom. The summed E-state index contributed by atoms with van der Waals surface area (Å²) in [6.45, 7) is 3.37. The van der Waals surface area contributed by atoms with Crippen molar-refractivity contribution in [2.24, 2.45) is 0 Å². The molecule has 2 N–H and O–H groups in total. The van der Waals surface area contributed by atoms with Crippen LogP contribution in [0.15, 0.2) is 18.2 Å². The van der Waals surface area contributed by atoms with Gasteiger partial charge in [-0.2, -0.15) is 0 Å². The Labute approximate surface area is 180 Å². The minimum absolute atomic E-state index is 0.197. The van der Waals surface area contributed by atoms with Crippen LogP contribution in [0.1, 0.15) is 60.5 Å². The zero-order valence-electron chi connectivity index (χ0n) is 17.6. The number of hydrogen-bond acceptors (Lipinski definition) is 6. The van der Waals surface area contributed by atoms with Crippen LogP contribution in [0.4, 0.5) is 4.79 Å². The molecule has 4 rings (SSSR count). The third kappa shape index (κ3) is 4.71. The number of nitrogens with zero attached hydrogens (tertiary/aromatic N) is 1. The molecule has 2 fully saturated rings. The fraction of sp³-hybridized carbons (Fsp3) is 0.545. The first kappa shape index (κ1) is 21.3. The molecule has 0 spiro atoms. The third-order valence-corrected chi connectivity index (χ3v) is 6.09. The lowest BCUT2D eigenvalue weighted by Gasteiger charge is -2.33. The SMILES string of the molecule is CC1(COC(=O)NCc2ccc3c(c2)C(=O)N(C2CCC(=O)NC2=O)C3)CCCCO1. The molecule has 0 aromatic heterocycles. The Morgan fingerprint density at radius 2 is 2.16 bits per heavy atom. The topological polar surface area (TPSA) is 114 Å². The van der Waals surface area contributed by atoms with E-state index in [4.69, 9.17) is 9.47 Å². The minimum atomic E-state index is -0.641. The van der Waals surface area contributed by atoms with E-state index in [1.54, 1.807) is 6.07 Å². The summed E-state index contributed by atoms with van der Waals surface area (Å²) in [6, 6.07) is 4.76. The highest BCUT2D eigenvalue weighted by molar-refractivity contribution is 6.05. The first-order valence-corrected chi connectivity index (χ1v) is 10.7. The van der Waals surface area contributed by atoms with Crippen LogP contribution in [0.2, 0.25) is 0 Å². The van der Waals surface area contributed by atoms with Crippen molar-refractivity contribution in [1.82, 2.24) is 15.5 Å². The van der Waals surface area contributed by atoms with Crippen molar-refractivity contribution in [2.45, 2.75) is 63.8 Å². The van der Waals surface area contributed by atoms with Gasteiger partial charge in [0.1, 0.15) is 12.6 Å². The Bertz CT molecular complexity index is 909. The first-order valence-electron chi connectivity index (χ1n) is 10.7. The smallest absolute Gasteiger partial charge is 0.407 e. The van der Waals surface area contributed by atoms with Gasteiger partial charge in [0, 0.05) is 31.7 Å². The van der Waals surface area contributed by atoms with E-state index in [1.165, 1.54) is 4.90 Å². The van der Waals surface area contributed by atoms with Gasteiger partial charge in [-0.15, -0.1) is 0 Å². The standard InChI is InChI=1S/C22H27N3O6/c1-22(8-2-3-9-31-22)13-30-21(29)23-11-14-4-5-15-12-25(20(28)16(15)10-14)17-6-7-18(26)24-19(17)27/h4-5,10,17H,2-3,6-9,11-13H2,1H3,(H,23,29)(H,24,26,27). The normalized spacial score (nSPS) is 25.8. The molecule has 3 heterocycles. The van der Waals surface area contributed by atoms with Crippen LogP contribution in [0.5, 0.6) is 0 Å². The summed E-state index contributed by atoms with van der Waals surface area (Å²) < 4.78 is 11.0. The van der Waals surface area contributed by atoms with Crippen molar-refractivity contribution in [3.05, 3.63) is 34.9 Å². The van der Waals surface area contributed by atoms with Crippen LogP contribution >= 0.6 is 0 Å². The van der Waals surface area contributed by atoms with Gasteiger partial charge in [-0.1, -0.05) is 12.1 Å². The number of carbonyl (C=O) groups is 4. The van der Waals surface area contributed by atoms with E-state index in [0.717, 1.165) is 30.4 Å². The molecule has 1 aromatic carbocycles. The number of ether oxygens (including phenoxy) is 2. The average molecular weight is 429 g/mol. The maximum absolute atomic E-state index is 12.9. The summed E-state index contributed by atoms with van der Waals surface area (Å²) in [5.41, 5.74) is 1.66. The van der Waals surface area contributed by atoms with Crippen molar-refractivity contribution in [1.29, 1.82) is 0 Å². The number of alkyl carbamates (subject to hydrolysis) is 1. The molecule has 3 aliphatic rings. The van der Waals surface area contributed by atoms with Crippen LogP contribution in [-0.4, -0.2) is 53.6 Å². The van der Waals surface area contributed by atoms with E-state index >= 15 is 0 Å². The molecule has 2 atom stereocenters. The second-order valence-electron chi connectivity index (χ2n) is 8.58. The second-order valence-corrected chi connectivity index (χ2v) is 8.58. The van der Waals surface area contributed by atoms with E-state index in [9.17, 15) is 19.2 Å². The lowest BCUT2D eigenvalue weighted by atomic mass is 9.97. The van der Waals surface area contributed by atoms with Gasteiger partial charge in [-0.05, 0) is 49.8 Å². The Hall–Kier alpha value is -2.94. The van der Waals surface area contributed by atoms with Gasteiger partial charge >= 0.3 is 6.09 Å². The highest BCUT2D eigenvalue weighted by Crippen LogP contribution is 2.28. The van der Waals surface area contributed by atoms with E-state index in [2.05, 4.69) is 10.6 Å². The van der Waals surface area contributed by atoms with E-state index in [0.29, 0.717) is 25.1 Å². The number of imide groups is 1. The fourth-order valence-corrected chi connectivity index (χ4v) is 4.26. The lowest BCUT2D eigenvalue weighted by molar-refractivity contribution is -0.136. The zero-order chi connectivity index (χ0) is 22.0. The van der Waals surface area contributed by atoms with Crippen molar-refractivity contribution >= 4 is 23.8 Å². The molecule has 166 valence electrons. The molecule has 31 heavy (non-hydrogen) atoms. The largest absolute Gasteiger partial charge is 0.446 e. The quantitative estimate of drug-likeness (QED) is 0.688. The predicted molar refractivity (Wildman–Crippen MR) is 109 cm³/mol. The van der Waals surface area contributed by atoms with Crippen molar-refractivity contribution in [3.63, 3.8) is 0 Å². The minimum Gasteiger partial charge on any atom is -0.446 e. The van der Waals surface area contributed by atoms with Crippen molar-refractivity contribution in [2.75, 3.05) is 13.2 Å². The highest BCUT2D eigenvalue weighted by Gasteiger charge is 2.39. The summed E-state index contributed by atoms with van der Waals surface area (Å²) in [5, 5.41) is 5.00. The summed E-state index contributed by atoms with van der Waals surface area (Å²) in [4.78, 5) is 50.0. The van der Waals surface area contributed by atoms with Crippen LogP contribution in [-0.2, 0) is 32.2 Å². The number of fused-ring (bicyclic) bond motifs is 1. The summed E-state index contributed by atoms with van der Waals surface area (Å²) in [7, 11) is 0. The van der Waals surface area contributed by atoms with Gasteiger partial charge < -0.3 is 19.7 Å². The van der Waals surface area contributed by atoms with E-state index in [1.807, 2.05) is 19.1 Å². The molecule has 1 aromatic rings. The van der Waals surface area contributed by atoms with Gasteiger partial charge in [-0.3, -0.25) is 19.7 Å². The van der Waals surface area contributed by atoms with Gasteiger partial charge in [0.15, 0.2) is 0 Å². The Kier molecular flexibility index (Phi) is 5.95. The number of rotatable bonds is 5. The second kappa shape index (κ2) is 8.66. The van der Waals surface area contributed by atoms with Gasteiger partial charge in [0.05, 0.1) is 5.60 Å². The molecule has 2 saturated heterocycles. The maximum atomic E-state index is 12.9. The lowest BCUT2D eigenvalue weighted by Crippen LogP contribution is -2.52. The number of nitrogens with one attached hydrogen (secondary N) is 2. The van der Waals surface area contributed by atoms with E-state index in [-0.39, 0.29) is 31.4 Å². The number of hydrogen-bond donors (Lipinski definition) is 2. The fourth-order valence-electron chi connectivity index (χ4n) is 4.26. The van der Waals surface area contributed by atoms with Crippen LogP contribution in [0, 0.1) is 0 Å². The molecule has 9 nitrogen and oxygen atoms in total. The van der Waals surface area contributed by atoms with Crippen molar-refractivity contribution < 1.29 is 28.7 Å². The monoisotopic (exact) mass is 429 g/mol. The maximum Gasteiger partial charge on any atom is 0.407 e. The summed E-state index contributed by atoms with van der Waals surface area (Å²) in [5.74, 6) is -0.983. The van der Waals surface area contributed by atoms with Crippen molar-refractivity contribution in [3.8, 4) is 0 Å². The summed E-state index contributed by atoms with van der Waals surface area (Å²) in [6.07, 6.45) is 2.95. The average Bonchev–Trinajstić information content (AvgIpc) is 3.07. The van der Waals surface area contributed by atoms with Gasteiger partial charge in [0.25, 0.3) is 5.91 Å². The molecule has 9 heteroatoms. The first-order chi connectivity index (χ1) is 14.8. The number of carbonyl (C=O) groups excluding carboxylic acids is 4. The zero-order valence-corrected chi connectivity index (χ0v) is 17.6. The number of benzene rings is 1. The molecule has 0 saturated carbocycles. The van der Waals surface area contributed by atoms with Crippen LogP contribution in [0.25, 0.3) is 0 Å². The van der Waals surface area contributed by atoms with Gasteiger partial charge in [0.2, 0.25) is 11.8 Å². The Balaban J connectivity index is 1.32. The molecule has 0 bridgehead atoms. The molecule has 3 aliphatic heterocycles. The Morgan fingerprint density at radius 3 is 2.90 bits per heavy atom. The number of amides is 4. The molecular weight excluding hydrogens is 402 g/mol.